The molecule has 3 aromatic rings. The van der Waals surface area contributed by atoms with E-state index in [0.29, 0.717) is 38.7 Å². The van der Waals surface area contributed by atoms with Gasteiger partial charge in [-0.2, -0.15) is 0 Å². The lowest BCUT2D eigenvalue weighted by Gasteiger charge is -2.09. The van der Waals surface area contributed by atoms with Crippen LogP contribution in [-0.2, 0) is 0 Å². The number of hydrogen-bond acceptors (Lipinski definition) is 6. The third kappa shape index (κ3) is 4.15. The zero-order chi connectivity index (χ0) is 19.4. The Bertz CT molecular complexity index is 974. The molecule has 0 saturated carbocycles. The van der Waals surface area contributed by atoms with E-state index in [9.17, 15) is 4.79 Å². The van der Waals surface area contributed by atoms with Gasteiger partial charge in [0.15, 0.2) is 5.13 Å². The van der Waals surface area contributed by atoms with Gasteiger partial charge in [-0.3, -0.25) is 10.1 Å². The van der Waals surface area contributed by atoms with Crippen LogP contribution in [0.25, 0.3) is 11.3 Å². The number of nitrogens with one attached hydrogen (secondary N) is 1. The number of anilines is 1. The van der Waals surface area contributed by atoms with Gasteiger partial charge >= 0.3 is 0 Å². The molecule has 6 nitrogen and oxygen atoms in total. The van der Waals surface area contributed by atoms with E-state index in [1.165, 1.54) is 18.4 Å². The van der Waals surface area contributed by atoms with Crippen LogP contribution < -0.4 is 19.5 Å². The van der Waals surface area contributed by atoms with E-state index < -0.39 is 0 Å². The van der Waals surface area contributed by atoms with Crippen LogP contribution >= 0.6 is 22.9 Å². The van der Waals surface area contributed by atoms with E-state index in [1.54, 1.807) is 44.6 Å². The van der Waals surface area contributed by atoms with Crippen LogP contribution in [0.1, 0.15) is 10.4 Å². The summed E-state index contributed by atoms with van der Waals surface area (Å²) in [6, 6.07) is 10.4. The van der Waals surface area contributed by atoms with Crippen LogP contribution in [0.4, 0.5) is 5.13 Å². The molecule has 0 saturated heterocycles. The summed E-state index contributed by atoms with van der Waals surface area (Å²) in [4.78, 5) is 17.0. The molecular formula is C19H17ClN2O4S. The maximum Gasteiger partial charge on any atom is 0.261 e. The lowest BCUT2D eigenvalue weighted by atomic mass is 10.1. The van der Waals surface area contributed by atoms with Crippen LogP contribution in [0.3, 0.4) is 0 Å². The molecule has 2 aromatic carbocycles. The number of carbonyl (C=O) groups excluding carboxylic acids is 1. The average molecular weight is 405 g/mol. The monoisotopic (exact) mass is 404 g/mol. The fraction of sp³-hybridized carbons (Fsp3) is 0.158. The zero-order valence-corrected chi connectivity index (χ0v) is 16.5. The first-order valence-electron chi connectivity index (χ1n) is 7.88. The summed E-state index contributed by atoms with van der Waals surface area (Å²) in [6.45, 7) is 0. The number of carbonyl (C=O) groups is 1. The van der Waals surface area contributed by atoms with Crippen molar-refractivity contribution < 1.29 is 19.0 Å². The molecule has 1 amide bonds. The van der Waals surface area contributed by atoms with Gasteiger partial charge in [-0.15, -0.1) is 11.3 Å². The van der Waals surface area contributed by atoms with Gasteiger partial charge < -0.3 is 14.2 Å². The van der Waals surface area contributed by atoms with E-state index in [-0.39, 0.29) is 5.91 Å². The number of rotatable bonds is 6. The molecule has 0 aliphatic carbocycles. The fourth-order valence-electron chi connectivity index (χ4n) is 2.44. The van der Waals surface area contributed by atoms with Crippen molar-refractivity contribution in [3.05, 3.63) is 52.4 Å². The Morgan fingerprint density at radius 3 is 2.48 bits per heavy atom. The minimum atomic E-state index is -0.317. The molecule has 0 spiro atoms. The Morgan fingerprint density at radius 2 is 1.81 bits per heavy atom. The third-order valence-corrected chi connectivity index (χ3v) is 4.88. The molecule has 0 bridgehead atoms. The minimum absolute atomic E-state index is 0.317. The van der Waals surface area contributed by atoms with Crippen LogP contribution in [0.2, 0.25) is 5.02 Å². The van der Waals surface area contributed by atoms with Crippen molar-refractivity contribution in [1.82, 2.24) is 4.98 Å². The Kier molecular flexibility index (Phi) is 5.83. The topological polar surface area (TPSA) is 69.7 Å². The highest BCUT2D eigenvalue weighted by molar-refractivity contribution is 7.14. The third-order valence-electron chi connectivity index (χ3n) is 3.83. The van der Waals surface area contributed by atoms with Crippen molar-refractivity contribution in [1.29, 1.82) is 0 Å². The normalized spacial score (nSPS) is 10.4. The maximum absolute atomic E-state index is 12.6. The van der Waals surface area contributed by atoms with E-state index in [4.69, 9.17) is 25.8 Å². The first kappa shape index (κ1) is 19.0. The Hall–Kier alpha value is -2.77. The number of halogens is 1. The number of thiazole rings is 1. The van der Waals surface area contributed by atoms with Gasteiger partial charge in [0.2, 0.25) is 0 Å². The van der Waals surface area contributed by atoms with E-state index in [0.717, 1.165) is 5.56 Å². The fourth-order valence-corrected chi connectivity index (χ4v) is 3.41. The number of nitrogens with zero attached hydrogens (tertiary/aromatic N) is 1. The Balaban J connectivity index is 1.80. The van der Waals surface area contributed by atoms with Crippen molar-refractivity contribution >= 4 is 34.0 Å². The standard InChI is InChI=1S/C19H17ClN2O4S/c1-24-12-5-6-13(17(9-12)26-3)18(23)22-19-21-15(10-27-19)11-4-7-16(25-2)14(20)8-11/h4-10H,1-3H3,(H,21,22,23). The molecule has 0 aliphatic rings. The van der Waals surface area contributed by atoms with Gasteiger partial charge in [0.1, 0.15) is 17.2 Å². The highest BCUT2D eigenvalue weighted by Crippen LogP contribution is 2.32. The molecule has 3 rings (SSSR count). The lowest BCUT2D eigenvalue weighted by Crippen LogP contribution is -2.13. The summed E-state index contributed by atoms with van der Waals surface area (Å²) < 4.78 is 15.6. The Morgan fingerprint density at radius 1 is 1.04 bits per heavy atom. The molecule has 140 valence electrons. The maximum atomic E-state index is 12.6. The van der Waals surface area contributed by atoms with E-state index in [2.05, 4.69) is 10.3 Å². The lowest BCUT2D eigenvalue weighted by molar-refractivity contribution is 0.102. The minimum Gasteiger partial charge on any atom is -0.497 e. The second-order valence-electron chi connectivity index (χ2n) is 5.41. The van der Waals surface area contributed by atoms with Crippen LogP contribution in [0.15, 0.2) is 41.8 Å². The number of amides is 1. The average Bonchev–Trinajstić information content (AvgIpc) is 3.15. The van der Waals surface area contributed by atoms with Crippen molar-refractivity contribution in [3.63, 3.8) is 0 Å². The van der Waals surface area contributed by atoms with Gasteiger partial charge in [-0.25, -0.2) is 4.98 Å². The number of aromatic nitrogens is 1. The summed E-state index contributed by atoms with van der Waals surface area (Å²) in [7, 11) is 4.61. The van der Waals surface area contributed by atoms with Gasteiger partial charge in [0.25, 0.3) is 5.91 Å². The van der Waals surface area contributed by atoms with E-state index >= 15 is 0 Å². The highest BCUT2D eigenvalue weighted by Gasteiger charge is 2.16. The SMILES string of the molecule is COc1ccc(C(=O)Nc2nc(-c3ccc(OC)c(Cl)c3)cs2)c(OC)c1. The summed E-state index contributed by atoms with van der Waals surface area (Å²) in [5.74, 6) is 1.31. The number of hydrogen-bond donors (Lipinski definition) is 1. The zero-order valence-electron chi connectivity index (χ0n) is 14.9. The number of benzene rings is 2. The van der Waals surface area contributed by atoms with Crippen LogP contribution in [0, 0.1) is 0 Å². The second kappa shape index (κ2) is 8.28. The molecule has 0 fully saturated rings. The number of methoxy groups -OCH3 is 3. The van der Waals surface area contributed by atoms with Crippen molar-refractivity contribution in [3.8, 4) is 28.5 Å². The Labute approximate surface area is 165 Å². The number of ether oxygens (including phenoxy) is 3. The van der Waals surface area contributed by atoms with Gasteiger partial charge in [-0.1, -0.05) is 11.6 Å². The summed E-state index contributed by atoms with van der Waals surface area (Å²) >= 11 is 7.49. The first-order valence-corrected chi connectivity index (χ1v) is 9.14. The molecule has 1 aromatic heterocycles. The molecule has 27 heavy (non-hydrogen) atoms. The predicted octanol–water partition coefficient (Wildman–Crippen LogP) is 4.74. The molecule has 8 heteroatoms. The highest BCUT2D eigenvalue weighted by atomic mass is 35.5. The molecule has 0 unspecified atom stereocenters. The molecule has 0 aliphatic heterocycles. The van der Waals surface area contributed by atoms with Crippen LogP contribution in [0.5, 0.6) is 17.2 Å². The first-order chi connectivity index (χ1) is 13.0. The summed E-state index contributed by atoms with van der Waals surface area (Å²) in [6.07, 6.45) is 0. The van der Waals surface area contributed by atoms with Gasteiger partial charge in [-0.05, 0) is 30.3 Å². The van der Waals surface area contributed by atoms with E-state index in [1.807, 2.05) is 11.4 Å². The van der Waals surface area contributed by atoms with Crippen molar-refractivity contribution in [2.24, 2.45) is 0 Å². The van der Waals surface area contributed by atoms with Crippen molar-refractivity contribution in [2.45, 2.75) is 0 Å². The van der Waals surface area contributed by atoms with Crippen molar-refractivity contribution in [2.75, 3.05) is 26.6 Å². The molecular weight excluding hydrogens is 388 g/mol. The molecule has 0 radical (unpaired) electrons. The largest absolute Gasteiger partial charge is 0.497 e. The van der Waals surface area contributed by atoms with Gasteiger partial charge in [0, 0.05) is 17.0 Å². The summed E-state index contributed by atoms with van der Waals surface area (Å²) in [5, 5.41) is 5.60. The predicted molar refractivity (Wildman–Crippen MR) is 107 cm³/mol. The molecule has 1 N–H and O–H groups in total. The molecule has 1 heterocycles. The van der Waals surface area contributed by atoms with Gasteiger partial charge in [0.05, 0.1) is 37.6 Å². The summed E-state index contributed by atoms with van der Waals surface area (Å²) in [5.41, 5.74) is 1.93. The molecule has 0 atom stereocenters. The smallest absolute Gasteiger partial charge is 0.261 e. The van der Waals surface area contributed by atoms with Crippen LogP contribution in [-0.4, -0.2) is 32.2 Å². The quantitative estimate of drug-likeness (QED) is 0.642. The second-order valence-corrected chi connectivity index (χ2v) is 6.67.